The van der Waals surface area contributed by atoms with E-state index in [-0.39, 0.29) is 5.91 Å². The van der Waals surface area contributed by atoms with E-state index in [1.54, 1.807) is 11.3 Å². The number of hydrogen-bond acceptors (Lipinski definition) is 4. The first-order chi connectivity index (χ1) is 11.6. The summed E-state index contributed by atoms with van der Waals surface area (Å²) in [5.41, 5.74) is 1.33. The van der Waals surface area contributed by atoms with Gasteiger partial charge in [-0.15, -0.1) is 11.3 Å². The van der Waals surface area contributed by atoms with Crippen molar-refractivity contribution in [1.82, 2.24) is 14.7 Å². The molecule has 5 heteroatoms. The Balaban J connectivity index is 1.68. The van der Waals surface area contributed by atoms with Crippen LogP contribution in [0.25, 0.3) is 0 Å². The highest BCUT2D eigenvalue weighted by molar-refractivity contribution is 7.14. The molecule has 1 aromatic rings. The van der Waals surface area contributed by atoms with Crippen LogP contribution in [0.3, 0.4) is 0 Å². The van der Waals surface area contributed by atoms with Gasteiger partial charge in [-0.1, -0.05) is 13.3 Å². The van der Waals surface area contributed by atoms with Crippen molar-refractivity contribution in [2.24, 2.45) is 0 Å². The fourth-order valence-electron chi connectivity index (χ4n) is 3.92. The Kier molecular flexibility index (Phi) is 5.95. The van der Waals surface area contributed by atoms with Gasteiger partial charge in [0, 0.05) is 50.2 Å². The Morgan fingerprint density at radius 1 is 1.21 bits per heavy atom. The Bertz CT molecular complexity index is 563. The number of likely N-dealkylation sites (N-methyl/N-ethyl adjacent to an activating group) is 1. The van der Waals surface area contributed by atoms with Crippen LogP contribution in [-0.4, -0.2) is 73.0 Å². The maximum Gasteiger partial charge on any atom is 0.263 e. The highest BCUT2D eigenvalue weighted by atomic mass is 32.1. The van der Waals surface area contributed by atoms with Gasteiger partial charge in [0.05, 0.1) is 4.88 Å². The van der Waals surface area contributed by atoms with Crippen LogP contribution in [0.15, 0.2) is 6.07 Å². The number of carbonyl (C=O) groups excluding carboxylic acids is 1. The second-order valence-corrected chi connectivity index (χ2v) is 8.54. The number of amides is 1. The Morgan fingerprint density at radius 3 is 2.62 bits per heavy atom. The van der Waals surface area contributed by atoms with E-state index in [0.717, 1.165) is 57.0 Å². The van der Waals surface area contributed by atoms with Crippen LogP contribution in [0.2, 0.25) is 0 Å². The van der Waals surface area contributed by atoms with E-state index in [0.29, 0.717) is 6.04 Å². The summed E-state index contributed by atoms with van der Waals surface area (Å²) in [6.07, 6.45) is 4.63. The fraction of sp³-hybridized carbons (Fsp3) is 0.737. The average Bonchev–Trinajstić information content (AvgIpc) is 2.80. The first kappa shape index (κ1) is 17.9. The van der Waals surface area contributed by atoms with Crippen molar-refractivity contribution in [2.75, 3.05) is 46.3 Å². The normalized spacial score (nSPS) is 24.1. The van der Waals surface area contributed by atoms with E-state index in [1.807, 2.05) is 0 Å². The fourth-order valence-corrected chi connectivity index (χ4v) is 5.00. The molecule has 2 aliphatic rings. The van der Waals surface area contributed by atoms with Gasteiger partial charge < -0.3 is 9.80 Å². The van der Waals surface area contributed by atoms with Crippen molar-refractivity contribution in [2.45, 2.75) is 45.6 Å². The summed E-state index contributed by atoms with van der Waals surface area (Å²) in [5.74, 6) is 0.254. The summed E-state index contributed by atoms with van der Waals surface area (Å²) in [7, 11) is 2.20. The average molecular weight is 350 g/mol. The first-order valence-electron chi connectivity index (χ1n) is 9.39. The monoisotopic (exact) mass is 349 g/mol. The summed E-state index contributed by atoms with van der Waals surface area (Å²) >= 11 is 1.67. The summed E-state index contributed by atoms with van der Waals surface area (Å²) in [6, 6.07) is 2.66. The van der Waals surface area contributed by atoms with Crippen LogP contribution in [0.1, 0.15) is 46.3 Å². The summed E-state index contributed by atoms with van der Waals surface area (Å²) in [4.78, 5) is 22.4. The zero-order chi connectivity index (χ0) is 17.1. The van der Waals surface area contributed by atoms with Crippen LogP contribution >= 0.6 is 11.3 Å². The summed E-state index contributed by atoms with van der Waals surface area (Å²) in [6.45, 7) is 10.7. The van der Waals surface area contributed by atoms with E-state index >= 15 is 0 Å². The smallest absolute Gasteiger partial charge is 0.263 e. The molecule has 0 N–H and O–H groups in total. The number of likely N-dealkylation sites (tertiary alicyclic amines) is 1. The van der Waals surface area contributed by atoms with Gasteiger partial charge >= 0.3 is 0 Å². The van der Waals surface area contributed by atoms with E-state index in [4.69, 9.17) is 0 Å². The molecule has 0 unspecified atom stereocenters. The number of piperazine rings is 1. The minimum absolute atomic E-state index is 0.254. The number of nitrogens with zero attached hydrogens (tertiary/aromatic N) is 3. The third-order valence-electron chi connectivity index (χ3n) is 5.60. The predicted molar refractivity (Wildman–Crippen MR) is 101 cm³/mol. The number of hydrogen-bond donors (Lipinski definition) is 0. The number of rotatable bonds is 3. The van der Waals surface area contributed by atoms with Gasteiger partial charge in [0.2, 0.25) is 0 Å². The molecule has 2 saturated heterocycles. The Morgan fingerprint density at radius 2 is 1.96 bits per heavy atom. The molecule has 0 bridgehead atoms. The Labute approximate surface area is 150 Å². The van der Waals surface area contributed by atoms with Crippen LogP contribution in [0, 0.1) is 6.92 Å². The third-order valence-corrected chi connectivity index (χ3v) is 6.68. The van der Waals surface area contributed by atoms with Gasteiger partial charge in [0.25, 0.3) is 5.91 Å². The van der Waals surface area contributed by atoms with Gasteiger partial charge in [-0.2, -0.15) is 0 Å². The molecular formula is C19H31N3OS. The van der Waals surface area contributed by atoms with E-state index in [9.17, 15) is 4.79 Å². The van der Waals surface area contributed by atoms with Crippen LogP contribution in [0.5, 0.6) is 0 Å². The number of aryl methyl sites for hydroxylation is 2. The molecule has 3 rings (SSSR count). The molecule has 0 aliphatic carbocycles. The zero-order valence-corrected chi connectivity index (χ0v) is 16.2. The van der Waals surface area contributed by atoms with Crippen molar-refractivity contribution < 1.29 is 4.79 Å². The third kappa shape index (κ3) is 4.01. The van der Waals surface area contributed by atoms with Crippen molar-refractivity contribution >= 4 is 17.2 Å². The molecule has 24 heavy (non-hydrogen) atoms. The minimum Gasteiger partial charge on any atom is -0.336 e. The van der Waals surface area contributed by atoms with Crippen molar-refractivity contribution in [3.05, 3.63) is 21.4 Å². The molecule has 0 radical (unpaired) electrons. The van der Waals surface area contributed by atoms with Crippen molar-refractivity contribution in [3.8, 4) is 0 Å². The Hall–Kier alpha value is -0.910. The lowest BCUT2D eigenvalue weighted by Gasteiger charge is -2.39. The molecular weight excluding hydrogens is 318 g/mol. The van der Waals surface area contributed by atoms with Gasteiger partial charge in [0.15, 0.2) is 0 Å². The summed E-state index contributed by atoms with van der Waals surface area (Å²) in [5, 5.41) is 0. The summed E-state index contributed by atoms with van der Waals surface area (Å²) < 4.78 is 0. The lowest BCUT2D eigenvalue weighted by molar-refractivity contribution is 0.0635. The van der Waals surface area contributed by atoms with E-state index < -0.39 is 0 Å². The topological polar surface area (TPSA) is 26.8 Å². The van der Waals surface area contributed by atoms with Crippen LogP contribution in [-0.2, 0) is 6.42 Å². The maximum absolute atomic E-state index is 13.0. The SMILES string of the molecule is CCc1cc(C(=O)N2CCCC[C@@H](N3CCN(C)CC3)C2)sc1C. The van der Waals surface area contributed by atoms with Gasteiger partial charge in [-0.05, 0) is 44.9 Å². The second kappa shape index (κ2) is 7.98. The van der Waals surface area contributed by atoms with Gasteiger partial charge in [-0.3, -0.25) is 9.69 Å². The molecule has 0 aromatic carbocycles. The largest absolute Gasteiger partial charge is 0.336 e. The molecule has 2 aliphatic heterocycles. The molecule has 3 heterocycles. The predicted octanol–water partition coefficient (Wildman–Crippen LogP) is 2.86. The van der Waals surface area contributed by atoms with Gasteiger partial charge in [-0.25, -0.2) is 0 Å². The molecule has 1 aromatic heterocycles. The van der Waals surface area contributed by atoms with Crippen molar-refractivity contribution in [3.63, 3.8) is 0 Å². The maximum atomic E-state index is 13.0. The molecule has 134 valence electrons. The quantitative estimate of drug-likeness (QED) is 0.839. The lowest BCUT2D eigenvalue weighted by Crippen LogP contribution is -2.52. The number of thiophene rings is 1. The standard InChI is InChI=1S/C19H31N3OS/c1-4-16-13-18(24-15(16)2)19(23)22-8-6-5-7-17(14-22)21-11-9-20(3)10-12-21/h13,17H,4-12,14H2,1-3H3/t17-/m1/s1. The van der Waals surface area contributed by atoms with Crippen LogP contribution < -0.4 is 0 Å². The highest BCUT2D eigenvalue weighted by Gasteiger charge is 2.29. The lowest BCUT2D eigenvalue weighted by atomic mass is 10.1. The van der Waals surface area contributed by atoms with E-state index in [1.165, 1.54) is 23.3 Å². The zero-order valence-electron chi connectivity index (χ0n) is 15.4. The van der Waals surface area contributed by atoms with Crippen molar-refractivity contribution in [1.29, 1.82) is 0 Å². The first-order valence-corrected chi connectivity index (χ1v) is 10.2. The molecule has 1 atom stereocenters. The van der Waals surface area contributed by atoms with Gasteiger partial charge in [0.1, 0.15) is 0 Å². The molecule has 4 nitrogen and oxygen atoms in total. The van der Waals surface area contributed by atoms with E-state index in [2.05, 4.69) is 41.7 Å². The van der Waals surface area contributed by atoms with Crippen LogP contribution in [0.4, 0.5) is 0 Å². The highest BCUT2D eigenvalue weighted by Crippen LogP contribution is 2.25. The molecule has 0 spiro atoms. The molecule has 1 amide bonds. The second-order valence-electron chi connectivity index (χ2n) is 7.29. The molecule has 2 fully saturated rings. The number of carbonyl (C=O) groups is 1. The minimum atomic E-state index is 0.254. The molecule has 0 saturated carbocycles.